The van der Waals surface area contributed by atoms with Crippen molar-refractivity contribution in [1.29, 1.82) is 0 Å². The van der Waals surface area contributed by atoms with Crippen molar-refractivity contribution in [3.63, 3.8) is 0 Å². The van der Waals surface area contributed by atoms with E-state index in [1.54, 1.807) is 0 Å². The first kappa shape index (κ1) is 17.7. The van der Waals surface area contributed by atoms with E-state index < -0.39 is 5.97 Å². The second-order valence-corrected chi connectivity index (χ2v) is 5.67. The zero-order chi connectivity index (χ0) is 15.3. The van der Waals surface area contributed by atoms with Gasteiger partial charge in [0.15, 0.2) is 0 Å². The first-order valence-electron chi connectivity index (χ1n) is 8.20. The van der Waals surface area contributed by atoms with Gasteiger partial charge in [-0.1, -0.05) is 69.4 Å². The van der Waals surface area contributed by atoms with Gasteiger partial charge in [-0.25, -0.2) is 0 Å². The third-order valence-electron chi connectivity index (χ3n) is 3.72. The van der Waals surface area contributed by atoms with Gasteiger partial charge in [0.2, 0.25) is 0 Å². The highest BCUT2D eigenvalue weighted by Gasteiger charge is 2.08. The lowest BCUT2D eigenvalue weighted by Gasteiger charge is -2.21. The molecule has 0 aliphatic heterocycles. The molecular weight excluding hydrogens is 262 g/mol. The molecule has 0 atom stereocenters. The minimum atomic E-state index is -0.712. The van der Waals surface area contributed by atoms with Gasteiger partial charge in [-0.3, -0.25) is 9.69 Å². The summed E-state index contributed by atoms with van der Waals surface area (Å²) in [7, 11) is 0. The van der Waals surface area contributed by atoms with Crippen molar-refractivity contribution < 1.29 is 9.90 Å². The van der Waals surface area contributed by atoms with E-state index in [9.17, 15) is 4.79 Å². The Morgan fingerprint density at radius 1 is 1.00 bits per heavy atom. The molecule has 0 aliphatic carbocycles. The molecule has 21 heavy (non-hydrogen) atoms. The highest BCUT2D eigenvalue weighted by Crippen LogP contribution is 2.09. The number of rotatable bonds is 12. The number of carboxylic acid groups (broad SMARTS) is 1. The molecule has 1 aromatic carbocycles. The second kappa shape index (κ2) is 11.3. The van der Waals surface area contributed by atoms with Crippen molar-refractivity contribution in [2.24, 2.45) is 0 Å². The maximum atomic E-state index is 10.8. The fourth-order valence-corrected chi connectivity index (χ4v) is 2.48. The molecule has 3 nitrogen and oxygen atoms in total. The average molecular weight is 291 g/mol. The number of unbranched alkanes of at least 4 members (excludes halogenated alkanes) is 5. The van der Waals surface area contributed by atoms with Crippen LogP contribution in [0.2, 0.25) is 0 Å². The first-order valence-corrected chi connectivity index (χ1v) is 8.20. The summed E-state index contributed by atoms with van der Waals surface area (Å²) in [6.07, 6.45) is 7.86. The van der Waals surface area contributed by atoms with Crippen LogP contribution in [0.15, 0.2) is 30.3 Å². The Morgan fingerprint density at radius 3 is 2.33 bits per heavy atom. The van der Waals surface area contributed by atoms with E-state index in [1.165, 1.54) is 37.7 Å². The highest BCUT2D eigenvalue weighted by atomic mass is 16.4. The summed E-state index contributed by atoms with van der Waals surface area (Å²) in [5.41, 5.74) is 1.26. The Labute approximate surface area is 129 Å². The molecule has 0 unspecified atom stereocenters. The van der Waals surface area contributed by atoms with E-state index in [4.69, 9.17) is 5.11 Å². The van der Waals surface area contributed by atoms with Gasteiger partial charge >= 0.3 is 5.97 Å². The third kappa shape index (κ3) is 9.24. The van der Waals surface area contributed by atoms with Gasteiger partial charge in [-0.2, -0.15) is 0 Å². The number of nitrogens with zero attached hydrogens (tertiary/aromatic N) is 1. The fourth-order valence-electron chi connectivity index (χ4n) is 2.48. The molecule has 118 valence electrons. The molecule has 1 N–H and O–H groups in total. The zero-order valence-corrected chi connectivity index (χ0v) is 13.3. The van der Waals surface area contributed by atoms with Crippen molar-refractivity contribution >= 4 is 5.97 Å². The molecule has 0 radical (unpaired) electrons. The lowest BCUT2D eigenvalue weighted by atomic mass is 10.1. The van der Waals surface area contributed by atoms with E-state index >= 15 is 0 Å². The van der Waals surface area contributed by atoms with Crippen molar-refractivity contribution in [1.82, 2.24) is 4.90 Å². The summed E-state index contributed by atoms with van der Waals surface area (Å²) < 4.78 is 0. The van der Waals surface area contributed by atoms with E-state index in [2.05, 4.69) is 24.0 Å². The normalized spacial score (nSPS) is 11.0. The summed E-state index contributed by atoms with van der Waals surface area (Å²) in [4.78, 5) is 13.0. The fraction of sp³-hybridized carbons (Fsp3) is 0.611. The molecule has 0 fully saturated rings. The Kier molecular flexibility index (Phi) is 9.55. The maximum Gasteiger partial charge on any atom is 0.304 e. The van der Waals surface area contributed by atoms with Gasteiger partial charge in [0.1, 0.15) is 0 Å². The minimum absolute atomic E-state index is 0.225. The van der Waals surface area contributed by atoms with Crippen LogP contribution in [0.25, 0.3) is 0 Å². The van der Waals surface area contributed by atoms with E-state index in [1.807, 2.05) is 18.2 Å². The number of carbonyl (C=O) groups is 1. The highest BCUT2D eigenvalue weighted by molar-refractivity contribution is 5.66. The molecule has 0 saturated carbocycles. The van der Waals surface area contributed by atoms with Crippen molar-refractivity contribution in [3.8, 4) is 0 Å². The predicted octanol–water partition coefficient (Wildman–Crippen LogP) is 4.32. The van der Waals surface area contributed by atoms with Crippen LogP contribution in [0.3, 0.4) is 0 Å². The van der Waals surface area contributed by atoms with Gasteiger partial charge in [0, 0.05) is 13.1 Å². The van der Waals surface area contributed by atoms with Gasteiger partial charge < -0.3 is 5.11 Å². The van der Waals surface area contributed by atoms with Gasteiger partial charge in [-0.15, -0.1) is 0 Å². The summed E-state index contributed by atoms with van der Waals surface area (Å²) >= 11 is 0. The smallest absolute Gasteiger partial charge is 0.304 e. The standard InChI is InChI=1S/C18H29NO2/c1-2-3-4-5-6-10-14-19(15-13-18(20)21)16-17-11-8-7-9-12-17/h7-9,11-12H,2-6,10,13-16H2,1H3,(H,20,21). The molecule has 3 heteroatoms. The van der Waals surface area contributed by atoms with Gasteiger partial charge in [0.25, 0.3) is 0 Å². The molecular formula is C18H29NO2. The first-order chi connectivity index (χ1) is 10.2. The summed E-state index contributed by atoms with van der Waals surface area (Å²) in [5, 5.41) is 8.87. The molecule has 0 heterocycles. The maximum absolute atomic E-state index is 10.8. The average Bonchev–Trinajstić information content (AvgIpc) is 2.49. The lowest BCUT2D eigenvalue weighted by Crippen LogP contribution is -2.27. The van der Waals surface area contributed by atoms with Crippen LogP contribution >= 0.6 is 0 Å². The molecule has 0 spiro atoms. The van der Waals surface area contributed by atoms with E-state index in [0.717, 1.165) is 19.5 Å². The molecule has 1 aromatic rings. The third-order valence-corrected chi connectivity index (χ3v) is 3.72. The summed E-state index contributed by atoms with van der Waals surface area (Å²) in [5.74, 6) is -0.712. The second-order valence-electron chi connectivity index (χ2n) is 5.67. The van der Waals surface area contributed by atoms with Crippen LogP contribution in [-0.2, 0) is 11.3 Å². The van der Waals surface area contributed by atoms with E-state index in [0.29, 0.717) is 6.54 Å². The number of benzene rings is 1. The molecule has 0 bridgehead atoms. The monoisotopic (exact) mass is 291 g/mol. The molecule has 0 saturated heterocycles. The van der Waals surface area contributed by atoms with Crippen LogP contribution in [0.5, 0.6) is 0 Å². The number of aliphatic carboxylic acids is 1. The van der Waals surface area contributed by atoms with Gasteiger partial charge in [-0.05, 0) is 18.5 Å². The lowest BCUT2D eigenvalue weighted by molar-refractivity contribution is -0.137. The predicted molar refractivity (Wildman–Crippen MR) is 87.3 cm³/mol. The largest absolute Gasteiger partial charge is 0.481 e. The minimum Gasteiger partial charge on any atom is -0.481 e. The van der Waals surface area contributed by atoms with Crippen LogP contribution < -0.4 is 0 Å². The van der Waals surface area contributed by atoms with Crippen molar-refractivity contribution in [2.75, 3.05) is 13.1 Å². The summed E-state index contributed by atoms with van der Waals surface area (Å²) in [6.45, 7) is 4.71. The van der Waals surface area contributed by atoms with Crippen LogP contribution in [-0.4, -0.2) is 29.1 Å². The summed E-state index contributed by atoms with van der Waals surface area (Å²) in [6, 6.07) is 10.3. The van der Waals surface area contributed by atoms with Crippen molar-refractivity contribution in [2.45, 2.75) is 58.4 Å². The number of hydrogen-bond acceptors (Lipinski definition) is 2. The van der Waals surface area contributed by atoms with E-state index in [-0.39, 0.29) is 6.42 Å². The molecule has 0 aromatic heterocycles. The number of hydrogen-bond donors (Lipinski definition) is 1. The van der Waals surface area contributed by atoms with Crippen LogP contribution in [0, 0.1) is 0 Å². The van der Waals surface area contributed by atoms with Crippen LogP contribution in [0.4, 0.5) is 0 Å². The van der Waals surface area contributed by atoms with Gasteiger partial charge in [0.05, 0.1) is 6.42 Å². The molecule has 0 amide bonds. The van der Waals surface area contributed by atoms with Crippen molar-refractivity contribution in [3.05, 3.63) is 35.9 Å². The Bertz CT molecular complexity index is 378. The molecule has 0 aliphatic rings. The SMILES string of the molecule is CCCCCCCCN(CCC(=O)O)Cc1ccccc1. The topological polar surface area (TPSA) is 40.5 Å². The Balaban J connectivity index is 2.32. The Morgan fingerprint density at radius 2 is 1.67 bits per heavy atom. The Hall–Kier alpha value is -1.35. The number of carboxylic acids is 1. The zero-order valence-electron chi connectivity index (χ0n) is 13.3. The quantitative estimate of drug-likeness (QED) is 0.583. The van der Waals surface area contributed by atoms with Crippen LogP contribution in [0.1, 0.15) is 57.4 Å². The molecule has 1 rings (SSSR count).